The summed E-state index contributed by atoms with van der Waals surface area (Å²) >= 11 is 11.5. The van der Waals surface area contributed by atoms with Gasteiger partial charge in [0.2, 0.25) is 0 Å². The van der Waals surface area contributed by atoms with Gasteiger partial charge in [-0.25, -0.2) is 0 Å². The van der Waals surface area contributed by atoms with Crippen LogP contribution >= 0.6 is 23.2 Å². The van der Waals surface area contributed by atoms with E-state index in [0.717, 1.165) is 5.56 Å². The maximum atomic E-state index is 12.7. The van der Waals surface area contributed by atoms with Crippen LogP contribution in [0.3, 0.4) is 0 Å². The normalized spacial score (nSPS) is 21.9. The Balaban J connectivity index is 1.69. The molecule has 1 saturated carbocycles. The Morgan fingerprint density at radius 1 is 1.14 bits per heavy atom. The molecule has 2 aromatic carbocycles. The number of allylic oxidation sites excluding steroid dienone is 1. The fraction of sp³-hybridized carbons (Fsp3) is 0.273. The first-order valence-corrected chi connectivity index (χ1v) is 9.50. The van der Waals surface area contributed by atoms with Gasteiger partial charge >= 0.3 is 5.97 Å². The SMILES string of the molecule is CC1(C)C(C=C(Cl)Cl)C1(C#N)C(=O)OCc1cccc(Oc2ccccc2)c1. The molecule has 0 radical (unpaired) electrons. The van der Waals surface area contributed by atoms with Gasteiger partial charge in [-0.2, -0.15) is 5.26 Å². The standard InChI is InChI=1S/C22H19Cl2NO3/c1-21(2)18(12-19(23)24)22(21,14-25)20(26)27-13-15-7-6-10-17(11-15)28-16-8-4-3-5-9-16/h3-12,18H,13H2,1-2H3. The van der Waals surface area contributed by atoms with Gasteiger partial charge in [-0.15, -0.1) is 0 Å². The number of carbonyl (C=O) groups excluding carboxylic acids is 1. The molecule has 0 heterocycles. The lowest BCUT2D eigenvalue weighted by molar-refractivity contribution is -0.150. The smallest absolute Gasteiger partial charge is 0.328 e. The third-order valence-corrected chi connectivity index (χ3v) is 5.47. The molecule has 0 saturated heterocycles. The summed E-state index contributed by atoms with van der Waals surface area (Å²) in [5, 5.41) is 9.67. The second-order valence-electron chi connectivity index (χ2n) is 7.21. The molecular weight excluding hydrogens is 397 g/mol. The molecule has 6 heteroatoms. The first kappa shape index (κ1) is 20.3. The van der Waals surface area contributed by atoms with Crippen molar-refractivity contribution in [2.24, 2.45) is 16.7 Å². The zero-order valence-electron chi connectivity index (χ0n) is 15.5. The molecule has 3 rings (SSSR count). The van der Waals surface area contributed by atoms with Crippen molar-refractivity contribution in [3.63, 3.8) is 0 Å². The lowest BCUT2D eigenvalue weighted by atomic mass is 9.98. The highest BCUT2D eigenvalue weighted by molar-refractivity contribution is 6.55. The van der Waals surface area contributed by atoms with Crippen molar-refractivity contribution >= 4 is 29.2 Å². The third-order valence-electron chi connectivity index (χ3n) is 5.22. The lowest BCUT2D eigenvalue weighted by Crippen LogP contribution is -2.23. The number of carbonyl (C=O) groups is 1. The molecule has 2 aromatic rings. The fourth-order valence-corrected chi connectivity index (χ4v) is 3.75. The lowest BCUT2D eigenvalue weighted by Gasteiger charge is -2.12. The summed E-state index contributed by atoms with van der Waals surface area (Å²) in [5.41, 5.74) is -1.14. The summed E-state index contributed by atoms with van der Waals surface area (Å²) in [6.07, 6.45) is 1.53. The Hall–Kier alpha value is -2.48. The van der Waals surface area contributed by atoms with Gasteiger partial charge in [0, 0.05) is 11.3 Å². The van der Waals surface area contributed by atoms with E-state index in [2.05, 4.69) is 6.07 Å². The average Bonchev–Trinajstić information content (AvgIpc) is 3.14. The molecule has 1 fully saturated rings. The van der Waals surface area contributed by atoms with Crippen LogP contribution in [0.15, 0.2) is 65.2 Å². The quantitative estimate of drug-likeness (QED) is 0.542. The molecule has 2 atom stereocenters. The fourth-order valence-electron chi connectivity index (χ4n) is 3.50. The van der Waals surface area contributed by atoms with Crippen LogP contribution in [0.2, 0.25) is 0 Å². The molecule has 1 aliphatic rings. The van der Waals surface area contributed by atoms with E-state index < -0.39 is 22.7 Å². The summed E-state index contributed by atoms with van der Waals surface area (Å²) in [4.78, 5) is 12.7. The highest BCUT2D eigenvalue weighted by Crippen LogP contribution is 2.70. The van der Waals surface area contributed by atoms with Crippen LogP contribution in [0.1, 0.15) is 19.4 Å². The number of para-hydroxylation sites is 1. The van der Waals surface area contributed by atoms with E-state index in [4.69, 9.17) is 32.7 Å². The van der Waals surface area contributed by atoms with Crippen molar-refractivity contribution in [1.29, 1.82) is 5.26 Å². The zero-order valence-corrected chi connectivity index (χ0v) is 17.0. The molecule has 1 aliphatic carbocycles. The largest absolute Gasteiger partial charge is 0.460 e. The number of ether oxygens (including phenoxy) is 2. The monoisotopic (exact) mass is 415 g/mol. The molecule has 0 bridgehead atoms. The second kappa shape index (κ2) is 7.87. The van der Waals surface area contributed by atoms with Crippen LogP contribution in [-0.2, 0) is 16.1 Å². The minimum atomic E-state index is -1.29. The molecule has 28 heavy (non-hydrogen) atoms. The van der Waals surface area contributed by atoms with Gasteiger partial charge in [-0.1, -0.05) is 67.4 Å². The zero-order chi connectivity index (χ0) is 20.4. The van der Waals surface area contributed by atoms with Crippen molar-refractivity contribution in [2.45, 2.75) is 20.5 Å². The number of hydrogen-bond donors (Lipinski definition) is 0. The van der Waals surface area contributed by atoms with E-state index in [1.807, 2.05) is 62.4 Å². The molecular formula is C22H19Cl2NO3. The van der Waals surface area contributed by atoms with Gasteiger partial charge in [0.1, 0.15) is 22.6 Å². The van der Waals surface area contributed by atoms with E-state index in [9.17, 15) is 10.1 Å². The van der Waals surface area contributed by atoms with Crippen molar-refractivity contribution in [1.82, 2.24) is 0 Å². The van der Waals surface area contributed by atoms with Crippen molar-refractivity contribution in [3.05, 3.63) is 70.7 Å². The molecule has 0 N–H and O–H groups in total. The predicted octanol–water partition coefficient (Wildman–Crippen LogP) is 6.01. The summed E-state index contributed by atoms with van der Waals surface area (Å²) < 4.78 is 11.3. The highest BCUT2D eigenvalue weighted by Gasteiger charge is 2.77. The molecule has 0 aliphatic heterocycles. The number of rotatable bonds is 6. The third kappa shape index (κ3) is 3.73. The maximum Gasteiger partial charge on any atom is 0.328 e. The van der Waals surface area contributed by atoms with E-state index in [0.29, 0.717) is 11.5 Å². The topological polar surface area (TPSA) is 59.3 Å². The molecule has 144 valence electrons. The summed E-state index contributed by atoms with van der Waals surface area (Å²) in [6.45, 7) is 3.68. The van der Waals surface area contributed by atoms with E-state index >= 15 is 0 Å². The number of nitriles is 1. The second-order valence-corrected chi connectivity index (χ2v) is 8.22. The van der Waals surface area contributed by atoms with Crippen LogP contribution in [0.25, 0.3) is 0 Å². The summed E-state index contributed by atoms with van der Waals surface area (Å²) in [7, 11) is 0. The van der Waals surface area contributed by atoms with E-state index in [1.54, 1.807) is 6.07 Å². The van der Waals surface area contributed by atoms with Gasteiger partial charge in [0.25, 0.3) is 0 Å². The first-order chi connectivity index (χ1) is 13.3. The minimum Gasteiger partial charge on any atom is -0.460 e. The van der Waals surface area contributed by atoms with Gasteiger partial charge in [-0.05, 0) is 35.9 Å². The highest BCUT2D eigenvalue weighted by atomic mass is 35.5. The van der Waals surface area contributed by atoms with E-state index in [-0.39, 0.29) is 11.1 Å². The Morgan fingerprint density at radius 2 is 1.82 bits per heavy atom. The number of nitrogens with zero attached hydrogens (tertiary/aromatic N) is 1. The van der Waals surface area contributed by atoms with E-state index in [1.165, 1.54) is 6.08 Å². The van der Waals surface area contributed by atoms with Gasteiger partial charge in [0.05, 0.1) is 6.07 Å². The number of esters is 1. The number of hydrogen-bond acceptors (Lipinski definition) is 4. The van der Waals surface area contributed by atoms with Crippen LogP contribution in [0.5, 0.6) is 11.5 Å². The molecule has 0 aromatic heterocycles. The van der Waals surface area contributed by atoms with Crippen LogP contribution in [-0.4, -0.2) is 5.97 Å². The Bertz CT molecular complexity index is 946. The predicted molar refractivity (Wildman–Crippen MR) is 108 cm³/mol. The van der Waals surface area contributed by atoms with Crippen LogP contribution in [0.4, 0.5) is 0 Å². The summed E-state index contributed by atoms with van der Waals surface area (Å²) in [6, 6.07) is 18.8. The van der Waals surface area contributed by atoms with Crippen molar-refractivity contribution < 1.29 is 14.3 Å². The van der Waals surface area contributed by atoms with Crippen LogP contribution in [0, 0.1) is 28.1 Å². The Kier molecular flexibility index (Phi) is 5.69. The molecule has 2 unspecified atom stereocenters. The Morgan fingerprint density at radius 3 is 2.46 bits per heavy atom. The maximum absolute atomic E-state index is 12.7. The molecule has 4 nitrogen and oxygen atoms in total. The Labute approximate surface area is 174 Å². The first-order valence-electron chi connectivity index (χ1n) is 8.74. The minimum absolute atomic E-state index is 0.0359. The number of halogens is 2. The van der Waals surface area contributed by atoms with Gasteiger partial charge in [0.15, 0.2) is 5.41 Å². The molecule has 0 amide bonds. The van der Waals surface area contributed by atoms with Crippen molar-refractivity contribution in [3.8, 4) is 17.6 Å². The number of benzene rings is 2. The van der Waals surface area contributed by atoms with Crippen LogP contribution < -0.4 is 4.74 Å². The van der Waals surface area contributed by atoms with Gasteiger partial charge < -0.3 is 9.47 Å². The average molecular weight is 416 g/mol. The van der Waals surface area contributed by atoms with Gasteiger partial charge in [-0.3, -0.25) is 4.79 Å². The molecule has 0 spiro atoms. The van der Waals surface area contributed by atoms with Crippen molar-refractivity contribution in [2.75, 3.05) is 0 Å². The summed E-state index contributed by atoms with van der Waals surface area (Å²) in [5.74, 6) is 0.379.